The van der Waals surface area contributed by atoms with Gasteiger partial charge in [0.25, 0.3) is 11.8 Å². The molecule has 0 aromatic heterocycles. The van der Waals surface area contributed by atoms with E-state index in [1.54, 1.807) is 38.3 Å². The van der Waals surface area contributed by atoms with E-state index in [2.05, 4.69) is 18.0 Å². The van der Waals surface area contributed by atoms with Gasteiger partial charge < -0.3 is 10.2 Å². The lowest BCUT2D eigenvalue weighted by Gasteiger charge is -2.39. The predicted octanol–water partition coefficient (Wildman–Crippen LogP) is 3.13. The Kier molecular flexibility index (Phi) is 5.14. The number of nitrogens with zero attached hydrogens (tertiary/aromatic N) is 2. The second-order valence-corrected chi connectivity index (χ2v) is 6.97. The molecule has 1 saturated heterocycles. The molecule has 28 heavy (non-hydrogen) atoms. The van der Waals surface area contributed by atoms with E-state index in [1.165, 1.54) is 4.90 Å². The molecule has 0 radical (unpaired) electrons. The van der Waals surface area contributed by atoms with E-state index in [-0.39, 0.29) is 17.5 Å². The average Bonchev–Trinajstić information content (AvgIpc) is 2.70. The van der Waals surface area contributed by atoms with Crippen molar-refractivity contribution in [3.63, 3.8) is 0 Å². The van der Waals surface area contributed by atoms with Gasteiger partial charge in [0, 0.05) is 19.0 Å². The molecule has 0 saturated carbocycles. The van der Waals surface area contributed by atoms with Crippen LogP contribution in [0.5, 0.6) is 0 Å². The van der Waals surface area contributed by atoms with E-state index >= 15 is 0 Å². The molecule has 1 aliphatic rings. The monoisotopic (exact) mass is 371 g/mol. The van der Waals surface area contributed by atoms with Crippen molar-refractivity contribution in [3.05, 3.63) is 83.1 Å². The predicted molar refractivity (Wildman–Crippen MR) is 109 cm³/mol. The summed E-state index contributed by atoms with van der Waals surface area (Å²) < 4.78 is 0. The molecule has 2 aromatic rings. The van der Waals surface area contributed by atoms with Crippen LogP contribution >= 0.6 is 0 Å². The molecule has 0 bridgehead atoms. The van der Waals surface area contributed by atoms with Crippen molar-refractivity contribution in [1.29, 1.82) is 5.26 Å². The molecular formula is C23H21N3O2. The van der Waals surface area contributed by atoms with E-state index in [1.807, 2.05) is 36.4 Å². The molecule has 1 atom stereocenters. The summed E-state index contributed by atoms with van der Waals surface area (Å²) in [6, 6.07) is 16.9. The summed E-state index contributed by atoms with van der Waals surface area (Å²) in [5, 5.41) is 12.3. The van der Waals surface area contributed by atoms with E-state index in [4.69, 9.17) is 0 Å². The number of nitriles is 1. The number of hydrogen-bond acceptors (Lipinski definition) is 3. The van der Waals surface area contributed by atoms with Crippen molar-refractivity contribution in [2.45, 2.75) is 18.9 Å². The van der Waals surface area contributed by atoms with Crippen molar-refractivity contribution in [3.8, 4) is 6.07 Å². The number of hydrogen-bond donors (Lipinski definition) is 1. The van der Waals surface area contributed by atoms with Gasteiger partial charge in [-0.2, -0.15) is 5.26 Å². The zero-order chi connectivity index (χ0) is 20.3. The Morgan fingerprint density at radius 2 is 1.89 bits per heavy atom. The SMILES string of the molecule is C=Cc1cccc(C#N)c1/C=C1/C(=O)NC(C)(Cc2ccccc2)C(=O)N1C. The molecule has 5 heteroatoms. The van der Waals surface area contributed by atoms with Crippen molar-refractivity contribution in [2.75, 3.05) is 7.05 Å². The van der Waals surface area contributed by atoms with Gasteiger partial charge in [0.2, 0.25) is 0 Å². The quantitative estimate of drug-likeness (QED) is 0.839. The van der Waals surface area contributed by atoms with Crippen LogP contribution < -0.4 is 5.32 Å². The highest BCUT2D eigenvalue weighted by molar-refractivity contribution is 6.09. The first-order chi connectivity index (χ1) is 13.4. The fourth-order valence-corrected chi connectivity index (χ4v) is 3.44. The highest BCUT2D eigenvalue weighted by atomic mass is 16.2. The molecule has 140 valence electrons. The van der Waals surface area contributed by atoms with Gasteiger partial charge in [-0.05, 0) is 30.2 Å². The van der Waals surface area contributed by atoms with Crippen LogP contribution in [0.2, 0.25) is 0 Å². The fourth-order valence-electron chi connectivity index (χ4n) is 3.44. The summed E-state index contributed by atoms with van der Waals surface area (Å²) in [5.74, 6) is -0.569. The first-order valence-corrected chi connectivity index (χ1v) is 8.91. The second-order valence-electron chi connectivity index (χ2n) is 6.97. The van der Waals surface area contributed by atoms with Crippen LogP contribution in [-0.4, -0.2) is 29.3 Å². The lowest BCUT2D eigenvalue weighted by atomic mass is 9.88. The minimum Gasteiger partial charge on any atom is -0.336 e. The van der Waals surface area contributed by atoms with Crippen molar-refractivity contribution in [2.24, 2.45) is 0 Å². The largest absolute Gasteiger partial charge is 0.336 e. The maximum Gasteiger partial charge on any atom is 0.268 e. The zero-order valence-electron chi connectivity index (χ0n) is 15.9. The first kappa shape index (κ1) is 19.1. The lowest BCUT2D eigenvalue weighted by Crippen LogP contribution is -2.64. The summed E-state index contributed by atoms with van der Waals surface area (Å²) in [6.45, 7) is 5.49. The molecule has 1 fully saturated rings. The van der Waals surface area contributed by atoms with Gasteiger partial charge in [0.05, 0.1) is 11.6 Å². The molecular weight excluding hydrogens is 350 g/mol. The normalized spacial score (nSPS) is 20.6. The Morgan fingerprint density at radius 3 is 2.54 bits per heavy atom. The molecule has 1 heterocycles. The van der Waals surface area contributed by atoms with Gasteiger partial charge in [-0.3, -0.25) is 9.59 Å². The summed E-state index contributed by atoms with van der Waals surface area (Å²) in [4.78, 5) is 27.3. The number of nitrogens with one attached hydrogen (secondary N) is 1. The van der Waals surface area contributed by atoms with E-state index in [0.29, 0.717) is 17.5 Å². The second kappa shape index (κ2) is 7.53. The smallest absolute Gasteiger partial charge is 0.268 e. The molecule has 3 rings (SSSR count). The number of amides is 2. The minimum absolute atomic E-state index is 0.196. The Labute approximate surface area is 164 Å². The van der Waals surface area contributed by atoms with Crippen LogP contribution in [0.15, 0.2) is 60.8 Å². The fraction of sp³-hybridized carbons (Fsp3) is 0.174. The van der Waals surface area contributed by atoms with Crippen LogP contribution in [0.25, 0.3) is 12.2 Å². The molecule has 5 nitrogen and oxygen atoms in total. The van der Waals surface area contributed by atoms with Gasteiger partial charge >= 0.3 is 0 Å². The highest BCUT2D eigenvalue weighted by Gasteiger charge is 2.44. The van der Waals surface area contributed by atoms with Crippen LogP contribution in [-0.2, 0) is 16.0 Å². The van der Waals surface area contributed by atoms with Crippen LogP contribution in [0.3, 0.4) is 0 Å². The average molecular weight is 371 g/mol. The molecule has 1 unspecified atom stereocenters. The third-order valence-electron chi connectivity index (χ3n) is 4.92. The summed E-state index contributed by atoms with van der Waals surface area (Å²) in [7, 11) is 1.58. The molecule has 1 N–H and O–H groups in total. The summed E-state index contributed by atoms with van der Waals surface area (Å²) in [5.41, 5.74) is 1.82. The standard InChI is InChI=1S/C23H21N3O2/c1-4-17-11-8-12-18(15-24)19(17)13-20-21(27)25-23(2,22(28)26(20)3)14-16-9-6-5-7-10-16/h4-13H,1,14H2,2-3H3,(H,25,27)/b20-13-. The Hall–Kier alpha value is -3.65. The zero-order valence-corrected chi connectivity index (χ0v) is 15.9. The maximum atomic E-state index is 13.1. The number of benzene rings is 2. The summed E-state index contributed by atoms with van der Waals surface area (Å²) >= 11 is 0. The molecule has 0 aliphatic carbocycles. The number of rotatable bonds is 4. The summed E-state index contributed by atoms with van der Waals surface area (Å²) in [6.07, 6.45) is 3.59. The van der Waals surface area contributed by atoms with Crippen LogP contribution in [0.1, 0.15) is 29.2 Å². The maximum absolute atomic E-state index is 13.1. The van der Waals surface area contributed by atoms with Crippen molar-refractivity contribution in [1.82, 2.24) is 10.2 Å². The third kappa shape index (κ3) is 3.45. The van der Waals surface area contributed by atoms with Crippen LogP contribution in [0, 0.1) is 11.3 Å². The van der Waals surface area contributed by atoms with E-state index in [0.717, 1.165) is 11.1 Å². The van der Waals surface area contributed by atoms with Gasteiger partial charge in [0.1, 0.15) is 11.2 Å². The van der Waals surface area contributed by atoms with Gasteiger partial charge in [-0.15, -0.1) is 0 Å². The van der Waals surface area contributed by atoms with E-state index in [9.17, 15) is 14.9 Å². The number of likely N-dealkylation sites (N-methyl/N-ethyl adjacent to an activating group) is 1. The first-order valence-electron chi connectivity index (χ1n) is 8.91. The number of carbonyl (C=O) groups excluding carboxylic acids is 2. The molecule has 2 aromatic carbocycles. The van der Waals surface area contributed by atoms with E-state index < -0.39 is 5.54 Å². The third-order valence-corrected chi connectivity index (χ3v) is 4.92. The Bertz CT molecular complexity index is 1020. The number of carbonyl (C=O) groups is 2. The van der Waals surface area contributed by atoms with Crippen LogP contribution in [0.4, 0.5) is 0 Å². The topological polar surface area (TPSA) is 73.2 Å². The van der Waals surface area contributed by atoms with Gasteiger partial charge in [0.15, 0.2) is 0 Å². The number of piperazine rings is 1. The van der Waals surface area contributed by atoms with Gasteiger partial charge in [-0.1, -0.05) is 55.1 Å². The molecule has 1 aliphatic heterocycles. The van der Waals surface area contributed by atoms with Crippen molar-refractivity contribution >= 4 is 24.0 Å². The highest BCUT2D eigenvalue weighted by Crippen LogP contribution is 2.27. The Balaban J connectivity index is 1.99. The minimum atomic E-state index is -1.04. The lowest BCUT2D eigenvalue weighted by molar-refractivity contribution is -0.143. The molecule has 0 spiro atoms. The van der Waals surface area contributed by atoms with Crippen molar-refractivity contribution < 1.29 is 9.59 Å². The Morgan fingerprint density at radius 1 is 1.18 bits per heavy atom. The molecule has 2 amide bonds. The van der Waals surface area contributed by atoms with Gasteiger partial charge in [-0.25, -0.2) is 0 Å².